The Kier molecular flexibility index (Phi) is 4.44. The number of carbonyl (C=O) groups is 1. The minimum absolute atomic E-state index is 0.0124. The van der Waals surface area contributed by atoms with Crippen molar-refractivity contribution in [2.45, 2.75) is 18.6 Å². The Morgan fingerprint density at radius 3 is 2.82 bits per heavy atom. The average Bonchev–Trinajstić information content (AvgIpc) is 3.25. The normalized spacial score (nSPS) is 19.4. The highest BCUT2D eigenvalue weighted by Gasteiger charge is 2.37. The third kappa shape index (κ3) is 3.06. The van der Waals surface area contributed by atoms with E-state index in [0.29, 0.717) is 22.4 Å². The number of H-pyrrole nitrogens is 1. The van der Waals surface area contributed by atoms with E-state index in [1.807, 2.05) is 0 Å². The van der Waals surface area contributed by atoms with Crippen LogP contribution in [0.15, 0.2) is 30.5 Å². The number of fused-ring (bicyclic) bond motifs is 1. The topological polar surface area (TPSA) is 65.1 Å². The summed E-state index contributed by atoms with van der Waals surface area (Å²) in [6.45, 7) is -0.0214. The maximum absolute atomic E-state index is 14.3. The molecule has 1 aliphatic rings. The molecule has 1 N–H and O–H groups in total. The molecule has 0 aliphatic carbocycles. The predicted octanol–water partition coefficient (Wildman–Crippen LogP) is 3.23. The molecule has 28 heavy (non-hydrogen) atoms. The van der Waals surface area contributed by atoms with E-state index in [2.05, 4.69) is 15.2 Å². The number of carbonyl (C=O) groups excluding carboxylic acids is 1. The number of rotatable bonds is 3. The zero-order valence-electron chi connectivity index (χ0n) is 15.3. The highest BCUT2D eigenvalue weighted by molar-refractivity contribution is 5.99. The van der Waals surface area contributed by atoms with Crippen molar-refractivity contribution in [2.24, 2.45) is 0 Å². The molecule has 2 aromatic heterocycles. The van der Waals surface area contributed by atoms with Gasteiger partial charge in [-0.3, -0.25) is 9.89 Å². The first-order valence-corrected chi connectivity index (χ1v) is 8.76. The van der Waals surface area contributed by atoms with E-state index in [-0.39, 0.29) is 24.4 Å². The van der Waals surface area contributed by atoms with Gasteiger partial charge in [0, 0.05) is 32.3 Å². The van der Waals surface area contributed by atoms with Crippen molar-refractivity contribution < 1.29 is 18.0 Å². The number of pyridine rings is 1. The van der Waals surface area contributed by atoms with Crippen LogP contribution in [-0.4, -0.2) is 52.8 Å². The van der Waals surface area contributed by atoms with E-state index in [0.717, 1.165) is 18.2 Å². The maximum Gasteiger partial charge on any atom is 0.254 e. The second kappa shape index (κ2) is 6.81. The van der Waals surface area contributed by atoms with Crippen molar-refractivity contribution >= 4 is 22.8 Å². The van der Waals surface area contributed by atoms with Crippen molar-refractivity contribution in [1.29, 1.82) is 0 Å². The third-order valence-electron chi connectivity index (χ3n) is 4.89. The third-order valence-corrected chi connectivity index (χ3v) is 4.89. The first-order chi connectivity index (χ1) is 13.3. The SMILES string of the molecule is CN(C)C(=O)c1cnc2[nH]nc(N3C[C@@H](F)C[C@@H]3c3cc(F)ccc3F)c2c1. The second-order valence-electron chi connectivity index (χ2n) is 7.03. The van der Waals surface area contributed by atoms with Gasteiger partial charge in [-0.25, -0.2) is 18.2 Å². The lowest BCUT2D eigenvalue weighted by atomic mass is 10.0. The average molecular weight is 389 g/mol. The molecule has 3 aromatic rings. The molecule has 1 fully saturated rings. The number of alkyl halides is 1. The largest absolute Gasteiger partial charge is 0.345 e. The second-order valence-corrected chi connectivity index (χ2v) is 7.03. The summed E-state index contributed by atoms with van der Waals surface area (Å²) in [6, 6.07) is 4.04. The number of anilines is 1. The van der Waals surface area contributed by atoms with Crippen LogP contribution in [0.1, 0.15) is 28.4 Å². The summed E-state index contributed by atoms with van der Waals surface area (Å²) >= 11 is 0. The summed E-state index contributed by atoms with van der Waals surface area (Å²) in [5, 5.41) is 7.49. The Morgan fingerprint density at radius 1 is 1.29 bits per heavy atom. The monoisotopic (exact) mass is 389 g/mol. The molecular weight excluding hydrogens is 371 g/mol. The van der Waals surface area contributed by atoms with E-state index < -0.39 is 23.8 Å². The number of amides is 1. The number of halogens is 3. The van der Waals surface area contributed by atoms with Crippen LogP contribution in [0, 0.1) is 11.6 Å². The van der Waals surface area contributed by atoms with Gasteiger partial charge >= 0.3 is 0 Å². The first kappa shape index (κ1) is 18.3. The Bertz CT molecular complexity index is 1050. The highest BCUT2D eigenvalue weighted by atomic mass is 19.1. The van der Waals surface area contributed by atoms with Crippen LogP contribution < -0.4 is 4.90 Å². The van der Waals surface area contributed by atoms with Crippen molar-refractivity contribution in [3.63, 3.8) is 0 Å². The zero-order valence-corrected chi connectivity index (χ0v) is 15.3. The number of aromatic nitrogens is 3. The smallest absolute Gasteiger partial charge is 0.254 e. The van der Waals surface area contributed by atoms with Crippen molar-refractivity contribution in [1.82, 2.24) is 20.1 Å². The molecule has 1 aromatic carbocycles. The number of hydrogen-bond acceptors (Lipinski definition) is 4. The zero-order chi connectivity index (χ0) is 20.0. The molecule has 146 valence electrons. The molecule has 6 nitrogen and oxygen atoms in total. The fraction of sp³-hybridized carbons (Fsp3) is 0.316. The van der Waals surface area contributed by atoms with Crippen LogP contribution in [0.2, 0.25) is 0 Å². The Labute approximate surface area is 159 Å². The summed E-state index contributed by atoms with van der Waals surface area (Å²) < 4.78 is 42.3. The van der Waals surface area contributed by atoms with Crippen molar-refractivity contribution in [3.05, 3.63) is 53.2 Å². The molecule has 4 rings (SSSR count). The lowest BCUT2D eigenvalue weighted by Crippen LogP contribution is -2.25. The fourth-order valence-corrected chi connectivity index (χ4v) is 3.57. The Hall–Kier alpha value is -3.10. The summed E-state index contributed by atoms with van der Waals surface area (Å²) in [6.07, 6.45) is 0.218. The number of benzene rings is 1. The van der Waals surface area contributed by atoms with Crippen molar-refractivity contribution in [3.8, 4) is 0 Å². The van der Waals surface area contributed by atoms with E-state index in [4.69, 9.17) is 0 Å². The summed E-state index contributed by atoms with van der Waals surface area (Å²) in [7, 11) is 3.25. The number of nitrogens with one attached hydrogen (secondary N) is 1. The number of aromatic amines is 1. The van der Waals surface area contributed by atoms with Gasteiger partial charge in [-0.15, -0.1) is 0 Å². The molecule has 0 radical (unpaired) electrons. The molecular formula is C19H18F3N5O. The molecule has 1 aliphatic heterocycles. The predicted molar refractivity (Wildman–Crippen MR) is 97.9 cm³/mol. The maximum atomic E-state index is 14.3. The highest BCUT2D eigenvalue weighted by Crippen LogP contribution is 2.40. The minimum atomic E-state index is -1.22. The standard InChI is InChI=1S/C19H18F3N5O/c1-26(2)19(28)10-5-14-17(23-8-10)24-25-18(14)27-9-12(21)7-16(27)13-6-11(20)3-4-15(13)22/h3-6,8,12,16H,7,9H2,1-2H3,(H,23,24,25)/t12-,16+/m0/s1. The van der Waals surface area contributed by atoms with Crippen molar-refractivity contribution in [2.75, 3.05) is 25.5 Å². The van der Waals surface area contributed by atoms with E-state index in [1.54, 1.807) is 25.1 Å². The van der Waals surface area contributed by atoms with Crippen LogP contribution in [0.4, 0.5) is 19.0 Å². The van der Waals surface area contributed by atoms with Crippen LogP contribution in [0.5, 0.6) is 0 Å². The number of nitrogens with zero attached hydrogens (tertiary/aromatic N) is 4. The summed E-state index contributed by atoms with van der Waals surface area (Å²) in [4.78, 5) is 19.5. The van der Waals surface area contributed by atoms with Gasteiger partial charge in [-0.1, -0.05) is 0 Å². The van der Waals surface area contributed by atoms with E-state index >= 15 is 0 Å². The fourth-order valence-electron chi connectivity index (χ4n) is 3.57. The summed E-state index contributed by atoms with van der Waals surface area (Å²) in [5.41, 5.74) is 0.848. The molecule has 1 saturated heterocycles. The first-order valence-electron chi connectivity index (χ1n) is 8.76. The van der Waals surface area contributed by atoms with E-state index in [1.165, 1.54) is 11.1 Å². The molecule has 1 amide bonds. The number of hydrogen-bond donors (Lipinski definition) is 1. The molecule has 0 bridgehead atoms. The van der Waals surface area contributed by atoms with Crippen LogP contribution in [-0.2, 0) is 0 Å². The molecule has 0 saturated carbocycles. The van der Waals surface area contributed by atoms with E-state index in [9.17, 15) is 18.0 Å². The molecule has 9 heteroatoms. The Balaban J connectivity index is 1.80. The Morgan fingerprint density at radius 2 is 2.07 bits per heavy atom. The van der Waals surface area contributed by atoms with Gasteiger partial charge in [0.1, 0.15) is 17.8 Å². The van der Waals surface area contributed by atoms with Gasteiger partial charge in [0.25, 0.3) is 5.91 Å². The molecule has 0 spiro atoms. The van der Waals surface area contributed by atoms with Gasteiger partial charge in [0.15, 0.2) is 11.5 Å². The lowest BCUT2D eigenvalue weighted by molar-refractivity contribution is 0.0827. The van der Waals surface area contributed by atoms with Crippen LogP contribution in [0.3, 0.4) is 0 Å². The van der Waals surface area contributed by atoms with Gasteiger partial charge in [0.05, 0.1) is 23.5 Å². The summed E-state index contributed by atoms with van der Waals surface area (Å²) in [5.74, 6) is -1.08. The van der Waals surface area contributed by atoms with Gasteiger partial charge in [0.2, 0.25) is 0 Å². The minimum Gasteiger partial charge on any atom is -0.345 e. The van der Waals surface area contributed by atoms with Crippen LogP contribution in [0.25, 0.3) is 11.0 Å². The molecule has 3 heterocycles. The van der Waals surface area contributed by atoms with Crippen LogP contribution >= 0.6 is 0 Å². The quantitative estimate of drug-likeness (QED) is 0.747. The van der Waals surface area contributed by atoms with Gasteiger partial charge < -0.3 is 9.80 Å². The van der Waals surface area contributed by atoms with Gasteiger partial charge in [-0.2, -0.15) is 5.10 Å². The van der Waals surface area contributed by atoms with Gasteiger partial charge in [-0.05, 0) is 24.3 Å². The molecule has 0 unspecified atom stereocenters. The molecule has 2 atom stereocenters. The lowest BCUT2D eigenvalue weighted by Gasteiger charge is -2.25.